The van der Waals surface area contributed by atoms with Gasteiger partial charge >= 0.3 is 5.97 Å². The average molecular weight is 377 g/mol. The first-order valence-electron chi connectivity index (χ1n) is 9.09. The Labute approximate surface area is 164 Å². The lowest BCUT2D eigenvalue weighted by Gasteiger charge is -2.25. The van der Waals surface area contributed by atoms with E-state index in [-0.39, 0.29) is 18.6 Å². The average Bonchev–Trinajstić information content (AvgIpc) is 2.71. The van der Waals surface area contributed by atoms with E-state index in [4.69, 9.17) is 4.74 Å². The largest absolute Gasteiger partial charge is 0.452 e. The maximum absolute atomic E-state index is 12.4. The number of fused-ring (bicyclic) bond motifs is 1. The Kier molecular flexibility index (Phi) is 5.68. The van der Waals surface area contributed by atoms with Crippen molar-refractivity contribution in [3.63, 3.8) is 0 Å². The van der Waals surface area contributed by atoms with Gasteiger partial charge in [0.2, 0.25) is 0 Å². The summed E-state index contributed by atoms with van der Waals surface area (Å²) in [6, 6.07) is 14.6. The third kappa shape index (κ3) is 4.17. The maximum atomic E-state index is 12.4. The summed E-state index contributed by atoms with van der Waals surface area (Å²) in [4.78, 5) is 35.2. The van der Waals surface area contributed by atoms with Crippen LogP contribution in [0.15, 0.2) is 48.5 Å². The first-order valence-corrected chi connectivity index (χ1v) is 9.09. The molecule has 0 N–H and O–H groups in total. The zero-order valence-electron chi connectivity index (χ0n) is 16.5. The van der Waals surface area contributed by atoms with Crippen molar-refractivity contribution in [1.82, 2.24) is 14.9 Å². The number of amides is 1. The number of ether oxygens (including phenoxy) is 1. The Hall–Kier alpha value is -3.28. The summed E-state index contributed by atoms with van der Waals surface area (Å²) in [5.41, 5.74) is 4.36. The summed E-state index contributed by atoms with van der Waals surface area (Å²) in [6.45, 7) is 5.38. The molecule has 1 amide bonds. The lowest BCUT2D eigenvalue weighted by atomic mass is 10.1. The summed E-state index contributed by atoms with van der Waals surface area (Å²) in [5, 5.41) is 0. The Balaban J connectivity index is 1.65. The summed E-state index contributed by atoms with van der Waals surface area (Å²) in [7, 11) is 1.70. The topological polar surface area (TPSA) is 72.4 Å². The molecule has 0 fully saturated rings. The van der Waals surface area contributed by atoms with Crippen molar-refractivity contribution >= 4 is 22.9 Å². The Morgan fingerprint density at radius 3 is 2.32 bits per heavy atom. The number of hydrogen-bond donors (Lipinski definition) is 0. The molecule has 1 aromatic heterocycles. The molecule has 0 saturated carbocycles. The molecule has 0 bridgehead atoms. The van der Waals surface area contributed by atoms with Gasteiger partial charge in [0, 0.05) is 7.05 Å². The Morgan fingerprint density at radius 1 is 1.00 bits per heavy atom. The second-order valence-corrected chi connectivity index (χ2v) is 6.77. The zero-order chi connectivity index (χ0) is 20.3. The minimum absolute atomic E-state index is 0.116. The van der Waals surface area contributed by atoms with E-state index < -0.39 is 5.97 Å². The van der Waals surface area contributed by atoms with Crippen molar-refractivity contribution in [2.45, 2.75) is 26.8 Å². The highest BCUT2D eigenvalue weighted by Crippen LogP contribution is 2.19. The molecule has 6 nitrogen and oxygen atoms in total. The number of esters is 1. The minimum atomic E-state index is -0.559. The SMILES string of the molecule is Cc1nc2ccc(C(=O)OCC(=O)N(C)[C@H](C)c3ccccc3)cc2nc1C. The van der Waals surface area contributed by atoms with Crippen LogP contribution in [0.5, 0.6) is 0 Å². The molecule has 3 aromatic rings. The van der Waals surface area contributed by atoms with Crippen molar-refractivity contribution < 1.29 is 14.3 Å². The first kappa shape index (κ1) is 19.5. The standard InChI is InChI=1S/C22H23N3O3/c1-14-15(2)24-20-12-18(10-11-19(20)23-14)22(27)28-13-21(26)25(4)16(3)17-8-6-5-7-9-17/h5-12,16H,13H2,1-4H3/t16-/m1/s1. The van der Waals surface area contributed by atoms with Gasteiger partial charge in [0.15, 0.2) is 6.61 Å². The van der Waals surface area contributed by atoms with Gasteiger partial charge < -0.3 is 9.64 Å². The smallest absolute Gasteiger partial charge is 0.338 e. The monoisotopic (exact) mass is 377 g/mol. The molecule has 6 heteroatoms. The molecule has 144 valence electrons. The van der Waals surface area contributed by atoms with E-state index in [1.165, 1.54) is 0 Å². The summed E-state index contributed by atoms with van der Waals surface area (Å²) in [6.07, 6.45) is 0. The van der Waals surface area contributed by atoms with Crippen LogP contribution in [0.2, 0.25) is 0 Å². The molecule has 0 unspecified atom stereocenters. The first-order chi connectivity index (χ1) is 13.4. The van der Waals surface area contributed by atoms with Gasteiger partial charge in [-0.2, -0.15) is 0 Å². The van der Waals surface area contributed by atoms with Crippen molar-refractivity contribution in [1.29, 1.82) is 0 Å². The number of carbonyl (C=O) groups is 2. The molecule has 2 aromatic carbocycles. The van der Waals surface area contributed by atoms with Crippen LogP contribution in [-0.2, 0) is 9.53 Å². The van der Waals surface area contributed by atoms with Crippen molar-refractivity contribution in [2.75, 3.05) is 13.7 Å². The van der Waals surface area contributed by atoms with Crippen LogP contribution in [0.3, 0.4) is 0 Å². The quantitative estimate of drug-likeness (QED) is 0.635. The lowest BCUT2D eigenvalue weighted by Crippen LogP contribution is -2.33. The second kappa shape index (κ2) is 8.17. The number of aryl methyl sites for hydroxylation is 2. The molecule has 0 spiro atoms. The van der Waals surface area contributed by atoms with Crippen molar-refractivity contribution in [3.8, 4) is 0 Å². The van der Waals surface area contributed by atoms with Crippen LogP contribution in [0.1, 0.15) is 40.3 Å². The number of likely N-dealkylation sites (N-methyl/N-ethyl adjacent to an activating group) is 1. The molecule has 28 heavy (non-hydrogen) atoms. The third-order valence-corrected chi connectivity index (χ3v) is 4.89. The van der Waals surface area contributed by atoms with Crippen LogP contribution >= 0.6 is 0 Å². The van der Waals surface area contributed by atoms with Gasteiger partial charge in [-0.25, -0.2) is 14.8 Å². The number of nitrogens with zero attached hydrogens (tertiary/aromatic N) is 3. The minimum Gasteiger partial charge on any atom is -0.452 e. The molecule has 0 radical (unpaired) electrons. The summed E-state index contributed by atoms with van der Waals surface area (Å²) < 4.78 is 5.22. The summed E-state index contributed by atoms with van der Waals surface area (Å²) >= 11 is 0. The zero-order valence-corrected chi connectivity index (χ0v) is 16.5. The molecule has 0 aliphatic rings. The molecule has 0 aliphatic heterocycles. The van der Waals surface area contributed by atoms with Crippen LogP contribution < -0.4 is 0 Å². The van der Waals surface area contributed by atoms with E-state index in [1.807, 2.05) is 51.1 Å². The van der Waals surface area contributed by atoms with Gasteiger partial charge in [0.1, 0.15) is 0 Å². The highest BCUT2D eigenvalue weighted by molar-refractivity contribution is 5.94. The van der Waals surface area contributed by atoms with Crippen LogP contribution in [-0.4, -0.2) is 40.4 Å². The molecule has 3 rings (SSSR count). The number of hydrogen-bond acceptors (Lipinski definition) is 5. The Morgan fingerprint density at radius 2 is 1.64 bits per heavy atom. The van der Waals surface area contributed by atoms with E-state index in [0.717, 1.165) is 17.0 Å². The van der Waals surface area contributed by atoms with E-state index in [1.54, 1.807) is 30.1 Å². The molecular formula is C22H23N3O3. The van der Waals surface area contributed by atoms with E-state index >= 15 is 0 Å². The molecule has 1 atom stereocenters. The van der Waals surface area contributed by atoms with Gasteiger partial charge in [-0.3, -0.25) is 4.79 Å². The van der Waals surface area contributed by atoms with E-state index in [2.05, 4.69) is 9.97 Å². The highest BCUT2D eigenvalue weighted by atomic mass is 16.5. The fraction of sp³-hybridized carbons (Fsp3) is 0.273. The van der Waals surface area contributed by atoms with E-state index in [0.29, 0.717) is 16.6 Å². The van der Waals surface area contributed by atoms with Crippen LogP contribution in [0.4, 0.5) is 0 Å². The fourth-order valence-electron chi connectivity index (χ4n) is 2.84. The second-order valence-electron chi connectivity index (χ2n) is 6.77. The number of rotatable bonds is 5. The molecule has 0 saturated heterocycles. The number of carbonyl (C=O) groups excluding carboxylic acids is 2. The van der Waals surface area contributed by atoms with Crippen LogP contribution in [0, 0.1) is 13.8 Å². The van der Waals surface area contributed by atoms with Gasteiger partial charge in [-0.1, -0.05) is 30.3 Å². The van der Waals surface area contributed by atoms with Crippen molar-refractivity contribution in [3.05, 3.63) is 71.0 Å². The molecule has 0 aliphatic carbocycles. The van der Waals surface area contributed by atoms with Gasteiger partial charge in [-0.05, 0) is 44.5 Å². The van der Waals surface area contributed by atoms with Crippen molar-refractivity contribution in [2.24, 2.45) is 0 Å². The predicted molar refractivity (Wildman–Crippen MR) is 107 cm³/mol. The number of benzene rings is 2. The number of aromatic nitrogens is 2. The van der Waals surface area contributed by atoms with Gasteiger partial charge in [-0.15, -0.1) is 0 Å². The van der Waals surface area contributed by atoms with E-state index in [9.17, 15) is 9.59 Å². The molecule has 1 heterocycles. The lowest BCUT2D eigenvalue weighted by molar-refractivity contribution is -0.135. The van der Waals surface area contributed by atoms with Crippen LogP contribution in [0.25, 0.3) is 11.0 Å². The van der Waals surface area contributed by atoms with Gasteiger partial charge in [0.25, 0.3) is 5.91 Å². The highest BCUT2D eigenvalue weighted by Gasteiger charge is 2.19. The third-order valence-electron chi connectivity index (χ3n) is 4.89. The normalized spacial score (nSPS) is 11.9. The Bertz CT molecular complexity index is 1020. The molecular weight excluding hydrogens is 354 g/mol. The van der Waals surface area contributed by atoms with Gasteiger partial charge in [0.05, 0.1) is 34.0 Å². The fourth-order valence-corrected chi connectivity index (χ4v) is 2.84. The predicted octanol–water partition coefficient (Wildman–Crippen LogP) is 3.62. The maximum Gasteiger partial charge on any atom is 0.338 e. The summed E-state index contributed by atoms with van der Waals surface area (Å²) in [5.74, 6) is -0.826.